The third-order valence-electron chi connectivity index (χ3n) is 5.25. The zero-order chi connectivity index (χ0) is 23.3. The zero-order valence-corrected chi connectivity index (χ0v) is 19.0. The Morgan fingerprint density at radius 2 is 1.64 bits per heavy atom. The molecule has 0 aliphatic rings. The Bertz CT molecular complexity index is 1100. The lowest BCUT2D eigenvalue weighted by atomic mass is 10.0. The molecule has 0 saturated carbocycles. The van der Waals surface area contributed by atoms with Crippen LogP contribution in [0.4, 0.5) is 0 Å². The quantitative estimate of drug-likeness (QED) is 0.220. The predicted molar refractivity (Wildman–Crippen MR) is 131 cm³/mol. The maximum Gasteiger partial charge on any atom is 0.196 e. The van der Waals surface area contributed by atoms with Gasteiger partial charge >= 0.3 is 0 Å². The third kappa shape index (κ3) is 7.45. The van der Waals surface area contributed by atoms with Crippen LogP contribution >= 0.6 is 0 Å². The van der Waals surface area contributed by atoms with Gasteiger partial charge < -0.3 is 9.84 Å². The van der Waals surface area contributed by atoms with E-state index in [0.717, 1.165) is 23.9 Å². The van der Waals surface area contributed by atoms with Crippen molar-refractivity contribution in [3.63, 3.8) is 0 Å². The van der Waals surface area contributed by atoms with Crippen LogP contribution < -0.4 is 4.74 Å². The fraction of sp³-hybridized carbons (Fsp3) is 0.296. The topological polar surface area (TPSA) is 88.1 Å². The molecule has 0 atom stereocenters. The van der Waals surface area contributed by atoms with Crippen LogP contribution in [0.3, 0.4) is 0 Å². The lowest BCUT2D eigenvalue weighted by Crippen LogP contribution is -2.02. The molecule has 0 unspecified atom stereocenters. The van der Waals surface area contributed by atoms with Gasteiger partial charge in [-0.25, -0.2) is 0 Å². The lowest BCUT2D eigenvalue weighted by molar-refractivity contribution is 0.103. The van der Waals surface area contributed by atoms with Gasteiger partial charge in [0.05, 0.1) is 17.7 Å². The number of rotatable bonds is 10. The van der Waals surface area contributed by atoms with Crippen molar-refractivity contribution in [2.45, 2.75) is 45.4 Å². The summed E-state index contributed by atoms with van der Waals surface area (Å²) in [4.78, 5) is 12.4. The molecule has 6 heteroatoms. The molecule has 0 aliphatic carbocycles. The van der Waals surface area contributed by atoms with Gasteiger partial charge in [-0.3, -0.25) is 9.89 Å². The number of phenolic OH excluding ortho intramolecular Hbond substituents is 1. The predicted octanol–water partition coefficient (Wildman–Crippen LogP) is 6.32. The number of aromatic hydroxyl groups is 1. The molecule has 0 fully saturated rings. The van der Waals surface area contributed by atoms with Gasteiger partial charge in [-0.15, -0.1) is 5.10 Å². The monoisotopic (exact) mass is 445 g/mol. The number of unbranched alkanes of at least 4 members (excludes halogenated alkanes) is 5. The van der Waals surface area contributed by atoms with Crippen LogP contribution in [0, 0.1) is 0 Å². The summed E-state index contributed by atoms with van der Waals surface area (Å²) in [6, 6.07) is 21.6. The molecule has 3 aromatic carbocycles. The molecule has 172 valence electrons. The summed E-state index contributed by atoms with van der Waals surface area (Å²) in [5.41, 5.74) is 2.76. The van der Waals surface area contributed by atoms with Crippen molar-refractivity contribution >= 4 is 16.8 Å². The second-order valence-corrected chi connectivity index (χ2v) is 7.82. The summed E-state index contributed by atoms with van der Waals surface area (Å²) >= 11 is 0. The molecular formula is C27H31N3O3. The van der Waals surface area contributed by atoms with E-state index in [-0.39, 0.29) is 11.5 Å². The summed E-state index contributed by atoms with van der Waals surface area (Å²) in [7, 11) is 0. The number of para-hydroxylation sites is 1. The van der Waals surface area contributed by atoms with E-state index in [4.69, 9.17) is 4.74 Å². The molecule has 0 amide bonds. The van der Waals surface area contributed by atoms with Crippen molar-refractivity contribution in [1.82, 2.24) is 15.4 Å². The summed E-state index contributed by atoms with van der Waals surface area (Å²) in [5.74, 6) is 0.380. The van der Waals surface area contributed by atoms with E-state index >= 15 is 0 Å². The normalized spacial score (nSPS) is 10.5. The average Bonchev–Trinajstić information content (AvgIpc) is 3.33. The van der Waals surface area contributed by atoms with Gasteiger partial charge in [0.25, 0.3) is 0 Å². The SMILES string of the molecule is CCCCCCCCOc1ccc(C(=O)c2ccccc2)c(O)c1.c1ccc2[nH]nnc2c1. The number of aromatic amines is 1. The maximum absolute atomic E-state index is 12.4. The Labute approximate surface area is 194 Å². The van der Waals surface area contributed by atoms with Crippen LogP contribution in [-0.4, -0.2) is 32.9 Å². The molecule has 0 spiro atoms. The minimum atomic E-state index is -0.185. The van der Waals surface area contributed by atoms with Crippen LogP contribution in [-0.2, 0) is 0 Å². The van der Waals surface area contributed by atoms with E-state index in [0.29, 0.717) is 23.5 Å². The number of carbonyl (C=O) groups excluding carboxylic acids is 1. The van der Waals surface area contributed by atoms with Crippen LogP contribution in [0.15, 0.2) is 72.8 Å². The van der Waals surface area contributed by atoms with Gasteiger partial charge in [0, 0.05) is 11.6 Å². The molecule has 33 heavy (non-hydrogen) atoms. The summed E-state index contributed by atoms with van der Waals surface area (Å²) in [6.07, 6.45) is 7.25. The fourth-order valence-electron chi connectivity index (χ4n) is 3.40. The fourth-order valence-corrected chi connectivity index (χ4v) is 3.40. The first kappa shape index (κ1) is 24.0. The molecule has 0 aliphatic heterocycles. The number of ketones is 1. The number of nitrogens with zero attached hydrogens (tertiary/aromatic N) is 2. The molecule has 6 nitrogen and oxygen atoms in total. The number of nitrogens with one attached hydrogen (secondary N) is 1. The Balaban J connectivity index is 0.000000280. The highest BCUT2D eigenvalue weighted by atomic mass is 16.5. The number of fused-ring (bicyclic) bond motifs is 1. The maximum atomic E-state index is 12.4. The standard InChI is InChI=1S/C21H26O3.C6H5N3/c1-2-3-4-5-6-10-15-24-18-13-14-19(20(22)16-18)21(23)17-11-8-7-9-12-17;1-2-4-6-5(3-1)7-9-8-6/h7-9,11-14,16,22H,2-6,10,15H2,1H3;1-4H,(H,7,8,9). The first-order valence-corrected chi connectivity index (χ1v) is 11.5. The molecule has 0 bridgehead atoms. The van der Waals surface area contributed by atoms with E-state index in [1.807, 2.05) is 42.5 Å². The van der Waals surface area contributed by atoms with E-state index in [9.17, 15) is 9.90 Å². The van der Waals surface area contributed by atoms with Crippen molar-refractivity contribution in [3.05, 3.63) is 83.9 Å². The highest BCUT2D eigenvalue weighted by Crippen LogP contribution is 2.26. The summed E-state index contributed by atoms with van der Waals surface area (Å²) in [6.45, 7) is 2.85. The smallest absolute Gasteiger partial charge is 0.196 e. The van der Waals surface area contributed by atoms with Gasteiger partial charge in [0.2, 0.25) is 0 Å². The van der Waals surface area contributed by atoms with Crippen LogP contribution in [0.2, 0.25) is 0 Å². The molecule has 1 heterocycles. The lowest BCUT2D eigenvalue weighted by Gasteiger charge is -2.09. The molecule has 4 aromatic rings. The number of ether oxygens (including phenoxy) is 1. The Morgan fingerprint density at radius 1 is 0.909 bits per heavy atom. The summed E-state index contributed by atoms with van der Waals surface area (Å²) in [5, 5.41) is 20.3. The van der Waals surface area contributed by atoms with Gasteiger partial charge in [0.15, 0.2) is 5.78 Å². The van der Waals surface area contributed by atoms with Gasteiger partial charge in [-0.05, 0) is 30.7 Å². The van der Waals surface area contributed by atoms with E-state index in [1.54, 1.807) is 24.3 Å². The Kier molecular flexibility index (Phi) is 9.45. The zero-order valence-electron chi connectivity index (χ0n) is 19.0. The number of H-pyrrole nitrogens is 1. The second-order valence-electron chi connectivity index (χ2n) is 7.82. The van der Waals surface area contributed by atoms with Crippen molar-refractivity contribution in [2.75, 3.05) is 6.61 Å². The first-order valence-electron chi connectivity index (χ1n) is 11.5. The van der Waals surface area contributed by atoms with Crippen molar-refractivity contribution in [1.29, 1.82) is 0 Å². The Hall–Kier alpha value is -3.67. The van der Waals surface area contributed by atoms with E-state index < -0.39 is 0 Å². The van der Waals surface area contributed by atoms with Gasteiger partial charge in [0.1, 0.15) is 17.0 Å². The van der Waals surface area contributed by atoms with E-state index in [1.165, 1.54) is 31.7 Å². The second kappa shape index (κ2) is 13.0. The van der Waals surface area contributed by atoms with Crippen LogP contribution in [0.25, 0.3) is 11.0 Å². The molecule has 4 rings (SSSR count). The largest absolute Gasteiger partial charge is 0.507 e. The van der Waals surface area contributed by atoms with Crippen molar-refractivity contribution in [3.8, 4) is 11.5 Å². The van der Waals surface area contributed by atoms with E-state index in [2.05, 4.69) is 22.3 Å². The highest BCUT2D eigenvalue weighted by molar-refractivity contribution is 6.10. The Morgan fingerprint density at radius 3 is 2.39 bits per heavy atom. The number of aromatic nitrogens is 3. The number of phenols is 1. The number of benzene rings is 3. The molecule has 0 saturated heterocycles. The molecule has 0 radical (unpaired) electrons. The molecule has 1 aromatic heterocycles. The summed E-state index contributed by atoms with van der Waals surface area (Å²) < 4.78 is 5.66. The minimum absolute atomic E-state index is 0.0377. The number of hydrogen-bond acceptors (Lipinski definition) is 5. The number of carbonyl (C=O) groups is 1. The highest BCUT2D eigenvalue weighted by Gasteiger charge is 2.13. The number of hydrogen-bond donors (Lipinski definition) is 2. The molecule has 2 N–H and O–H groups in total. The first-order chi connectivity index (χ1) is 16.2. The van der Waals surface area contributed by atoms with Crippen LogP contribution in [0.1, 0.15) is 61.4 Å². The van der Waals surface area contributed by atoms with Crippen molar-refractivity contribution in [2.24, 2.45) is 0 Å². The minimum Gasteiger partial charge on any atom is -0.507 e. The van der Waals surface area contributed by atoms with Gasteiger partial charge in [-0.2, -0.15) is 0 Å². The third-order valence-corrected chi connectivity index (χ3v) is 5.25. The average molecular weight is 446 g/mol. The van der Waals surface area contributed by atoms with Gasteiger partial charge in [-0.1, -0.05) is 86.7 Å². The van der Waals surface area contributed by atoms with Crippen LogP contribution in [0.5, 0.6) is 11.5 Å². The molecular weight excluding hydrogens is 414 g/mol. The van der Waals surface area contributed by atoms with Crippen molar-refractivity contribution < 1.29 is 14.6 Å².